The van der Waals surface area contributed by atoms with Gasteiger partial charge in [-0.25, -0.2) is 13.4 Å². The summed E-state index contributed by atoms with van der Waals surface area (Å²) in [5, 5.41) is 0. The molecule has 1 aliphatic heterocycles. The van der Waals surface area contributed by atoms with E-state index in [9.17, 15) is 13.2 Å². The first kappa shape index (κ1) is 22.1. The molecule has 0 unspecified atom stereocenters. The van der Waals surface area contributed by atoms with Crippen LogP contribution < -0.4 is 0 Å². The van der Waals surface area contributed by atoms with E-state index >= 15 is 0 Å². The average molecular weight is 496 g/mol. The van der Waals surface area contributed by atoms with Crippen LogP contribution in [0.3, 0.4) is 0 Å². The molecule has 1 amide bonds. The van der Waals surface area contributed by atoms with Crippen LogP contribution in [-0.4, -0.2) is 47.4 Å². The van der Waals surface area contributed by atoms with Gasteiger partial charge in [0.25, 0.3) is 0 Å². The molecule has 5 rings (SSSR count). The van der Waals surface area contributed by atoms with Crippen LogP contribution in [0.5, 0.6) is 0 Å². The summed E-state index contributed by atoms with van der Waals surface area (Å²) in [4.78, 5) is 19.8. The largest absolute Gasteiger partial charge is 0.320 e. The van der Waals surface area contributed by atoms with Crippen molar-refractivity contribution in [2.24, 2.45) is 0 Å². The second kappa shape index (κ2) is 9.26. The highest BCUT2D eigenvalue weighted by molar-refractivity contribution is 8.01. The highest BCUT2D eigenvalue weighted by atomic mass is 32.2. The highest BCUT2D eigenvalue weighted by Crippen LogP contribution is 2.36. The number of fused-ring (bicyclic) bond motifs is 1. The van der Waals surface area contributed by atoms with E-state index in [1.807, 2.05) is 54.6 Å². The summed E-state index contributed by atoms with van der Waals surface area (Å²) >= 11 is 2.95. The van der Waals surface area contributed by atoms with Gasteiger partial charge in [-0.1, -0.05) is 72.4 Å². The van der Waals surface area contributed by atoms with Gasteiger partial charge >= 0.3 is 0 Å². The van der Waals surface area contributed by atoms with Gasteiger partial charge in [-0.2, -0.15) is 4.31 Å². The number of nitrogens with zero attached hydrogens (tertiary/aromatic N) is 3. The molecule has 0 spiro atoms. The molecule has 0 N–H and O–H groups in total. The molecule has 0 saturated carbocycles. The van der Waals surface area contributed by atoms with Crippen molar-refractivity contribution in [2.75, 3.05) is 18.8 Å². The molecule has 0 radical (unpaired) electrons. The molecule has 1 saturated heterocycles. The van der Waals surface area contributed by atoms with E-state index in [-0.39, 0.29) is 23.1 Å². The standard InChI is InChI=1S/C24H21N3O3S3/c28-22(17-31-24-25-20-13-7-8-14-21(20)32-24)26-15-16-27(23(26)18-9-3-1-4-10-18)33(29,30)19-11-5-2-6-12-19/h1-14,23H,15-17H2/t23-/m0/s1. The summed E-state index contributed by atoms with van der Waals surface area (Å²) in [6.45, 7) is 0.583. The van der Waals surface area contributed by atoms with Crippen molar-refractivity contribution in [3.8, 4) is 0 Å². The van der Waals surface area contributed by atoms with Gasteiger partial charge in [0.15, 0.2) is 4.34 Å². The fourth-order valence-electron chi connectivity index (χ4n) is 3.94. The van der Waals surface area contributed by atoms with Crippen molar-refractivity contribution in [1.29, 1.82) is 0 Å². The lowest BCUT2D eigenvalue weighted by atomic mass is 10.1. The monoisotopic (exact) mass is 495 g/mol. The molecule has 0 bridgehead atoms. The molecule has 168 valence electrons. The van der Waals surface area contributed by atoms with Crippen LogP contribution >= 0.6 is 23.1 Å². The van der Waals surface area contributed by atoms with Crippen LogP contribution in [-0.2, 0) is 14.8 Å². The first-order valence-electron chi connectivity index (χ1n) is 10.4. The molecule has 3 aromatic carbocycles. The first-order chi connectivity index (χ1) is 16.0. The average Bonchev–Trinajstić information content (AvgIpc) is 3.48. The second-order valence-electron chi connectivity index (χ2n) is 7.54. The Balaban J connectivity index is 1.40. The van der Waals surface area contributed by atoms with Gasteiger partial charge < -0.3 is 4.90 Å². The maximum absolute atomic E-state index is 13.4. The maximum atomic E-state index is 13.4. The molecular formula is C24H21N3O3S3. The molecule has 9 heteroatoms. The summed E-state index contributed by atoms with van der Waals surface area (Å²) in [5.41, 5.74) is 1.69. The minimum atomic E-state index is -3.76. The van der Waals surface area contributed by atoms with Gasteiger partial charge in [0, 0.05) is 13.1 Å². The number of carbonyl (C=O) groups excluding carboxylic acids is 1. The Morgan fingerprint density at radius 1 is 0.939 bits per heavy atom. The third-order valence-electron chi connectivity index (χ3n) is 5.49. The number of thiazole rings is 1. The van der Waals surface area contributed by atoms with Crippen molar-refractivity contribution in [1.82, 2.24) is 14.2 Å². The molecular weight excluding hydrogens is 474 g/mol. The van der Waals surface area contributed by atoms with Crippen LogP contribution in [0.4, 0.5) is 0 Å². The minimum absolute atomic E-state index is 0.112. The molecule has 1 atom stereocenters. The minimum Gasteiger partial charge on any atom is -0.320 e. The number of benzene rings is 3. The topological polar surface area (TPSA) is 70.6 Å². The van der Waals surface area contributed by atoms with Gasteiger partial charge in [0.1, 0.15) is 6.17 Å². The van der Waals surface area contributed by atoms with Crippen LogP contribution in [0.1, 0.15) is 11.7 Å². The van der Waals surface area contributed by atoms with E-state index in [0.29, 0.717) is 6.54 Å². The maximum Gasteiger partial charge on any atom is 0.245 e. The Bertz CT molecular complexity index is 1340. The van der Waals surface area contributed by atoms with Crippen molar-refractivity contribution >= 4 is 49.2 Å². The lowest BCUT2D eigenvalue weighted by molar-refractivity contribution is -0.130. The van der Waals surface area contributed by atoms with Crippen molar-refractivity contribution in [2.45, 2.75) is 15.4 Å². The number of carbonyl (C=O) groups is 1. The summed E-state index contributed by atoms with van der Waals surface area (Å²) in [6, 6.07) is 25.6. The van der Waals surface area contributed by atoms with Crippen LogP contribution in [0, 0.1) is 0 Å². The number of para-hydroxylation sites is 1. The number of thioether (sulfide) groups is 1. The van der Waals surface area contributed by atoms with Gasteiger partial charge in [-0.15, -0.1) is 11.3 Å². The Morgan fingerprint density at radius 3 is 2.33 bits per heavy atom. The van der Waals surface area contributed by atoms with Crippen LogP contribution in [0.25, 0.3) is 10.2 Å². The van der Waals surface area contributed by atoms with E-state index in [0.717, 1.165) is 20.1 Å². The molecule has 4 aromatic rings. The molecule has 33 heavy (non-hydrogen) atoms. The van der Waals surface area contributed by atoms with Crippen molar-refractivity contribution in [3.05, 3.63) is 90.5 Å². The number of rotatable bonds is 6. The predicted octanol–water partition coefficient (Wildman–Crippen LogP) is 4.62. The van der Waals surface area contributed by atoms with Crippen LogP contribution in [0.2, 0.25) is 0 Å². The fourth-order valence-corrected chi connectivity index (χ4v) is 7.48. The van der Waals surface area contributed by atoms with Gasteiger partial charge in [-0.3, -0.25) is 4.79 Å². The molecule has 1 aliphatic rings. The van der Waals surface area contributed by atoms with Crippen molar-refractivity contribution < 1.29 is 13.2 Å². The molecule has 1 aromatic heterocycles. The van der Waals surface area contributed by atoms with Crippen LogP contribution in [0.15, 0.2) is 94.2 Å². The zero-order chi connectivity index (χ0) is 22.8. The number of amides is 1. The Morgan fingerprint density at radius 2 is 1.61 bits per heavy atom. The first-order valence-corrected chi connectivity index (χ1v) is 13.7. The normalized spacial score (nSPS) is 17.0. The smallest absolute Gasteiger partial charge is 0.245 e. The predicted molar refractivity (Wildman–Crippen MR) is 132 cm³/mol. The third kappa shape index (κ3) is 4.41. The van der Waals surface area contributed by atoms with E-state index < -0.39 is 16.2 Å². The zero-order valence-corrected chi connectivity index (χ0v) is 20.0. The Labute approximate surface area is 200 Å². The Hall–Kier alpha value is -2.72. The number of hydrogen-bond acceptors (Lipinski definition) is 6. The SMILES string of the molecule is O=C(CSc1nc2ccccc2s1)N1CCN(S(=O)(=O)c2ccccc2)[C@H]1c1ccccc1. The van der Waals surface area contributed by atoms with E-state index in [2.05, 4.69) is 4.98 Å². The molecule has 6 nitrogen and oxygen atoms in total. The van der Waals surface area contributed by atoms with Crippen molar-refractivity contribution in [3.63, 3.8) is 0 Å². The summed E-state index contributed by atoms with van der Waals surface area (Å²) in [6.07, 6.45) is -0.681. The quantitative estimate of drug-likeness (QED) is 0.365. The van der Waals surface area contributed by atoms with Gasteiger partial charge in [-0.05, 0) is 29.8 Å². The fraction of sp³-hybridized carbons (Fsp3) is 0.167. The van der Waals surface area contributed by atoms with E-state index in [1.165, 1.54) is 16.1 Å². The molecule has 1 fully saturated rings. The number of aromatic nitrogens is 1. The molecule has 2 heterocycles. The number of sulfonamides is 1. The number of hydrogen-bond donors (Lipinski definition) is 0. The van der Waals surface area contributed by atoms with Gasteiger partial charge in [0.05, 0.1) is 20.9 Å². The third-order valence-corrected chi connectivity index (χ3v) is 9.52. The summed E-state index contributed by atoms with van der Waals surface area (Å²) in [7, 11) is -3.76. The summed E-state index contributed by atoms with van der Waals surface area (Å²) < 4.78 is 30.2. The second-order valence-corrected chi connectivity index (χ2v) is 11.7. The summed E-state index contributed by atoms with van der Waals surface area (Å²) in [5.74, 6) is 0.0846. The molecule has 0 aliphatic carbocycles. The zero-order valence-electron chi connectivity index (χ0n) is 17.6. The van der Waals surface area contributed by atoms with E-state index in [1.54, 1.807) is 46.6 Å². The highest BCUT2D eigenvalue weighted by Gasteiger charge is 2.43. The Kier molecular flexibility index (Phi) is 6.20. The lowest BCUT2D eigenvalue weighted by Gasteiger charge is -2.30. The van der Waals surface area contributed by atoms with Gasteiger partial charge in [0.2, 0.25) is 15.9 Å². The van der Waals surface area contributed by atoms with E-state index in [4.69, 9.17) is 0 Å². The lowest BCUT2D eigenvalue weighted by Crippen LogP contribution is -2.38.